The van der Waals surface area contributed by atoms with E-state index in [1.165, 1.54) is 6.07 Å². The Hall–Kier alpha value is -1.46. The quantitative estimate of drug-likeness (QED) is 0.738. The summed E-state index contributed by atoms with van der Waals surface area (Å²) in [5.74, 6) is 0.289. The Bertz CT molecular complexity index is 730. The molecule has 0 saturated carbocycles. The highest BCUT2D eigenvalue weighted by atomic mass is 35.5. The Labute approximate surface area is 154 Å². The monoisotopic (exact) mass is 385 g/mol. The van der Waals surface area contributed by atoms with Crippen LogP contribution in [0.15, 0.2) is 42.5 Å². The summed E-state index contributed by atoms with van der Waals surface area (Å²) in [6.45, 7) is 1.45. The maximum Gasteiger partial charge on any atom is 0.415 e. The van der Waals surface area contributed by atoms with Gasteiger partial charge in [0.2, 0.25) is 0 Å². The van der Waals surface area contributed by atoms with Crippen molar-refractivity contribution in [3.63, 3.8) is 0 Å². The zero-order valence-corrected chi connectivity index (χ0v) is 14.8. The van der Waals surface area contributed by atoms with Gasteiger partial charge in [0.1, 0.15) is 0 Å². The number of nitrogens with zero attached hydrogens (tertiary/aromatic N) is 1. The summed E-state index contributed by atoms with van der Waals surface area (Å²) in [6, 6.07) is 12.2. The largest absolute Gasteiger partial charge is 0.415 e. The smallest absolute Gasteiger partial charge is 0.409 e. The molecule has 2 aromatic rings. The van der Waals surface area contributed by atoms with E-state index in [9.17, 15) is 4.79 Å². The third-order valence-corrected chi connectivity index (χ3v) is 4.38. The van der Waals surface area contributed by atoms with E-state index in [0.29, 0.717) is 34.8 Å². The van der Waals surface area contributed by atoms with Gasteiger partial charge in [-0.25, -0.2) is 4.79 Å². The minimum atomic E-state index is -0.453. The Balaban J connectivity index is 1.44. The van der Waals surface area contributed by atoms with Gasteiger partial charge >= 0.3 is 6.09 Å². The van der Waals surface area contributed by atoms with Crippen LogP contribution in [0.4, 0.5) is 4.79 Å². The Morgan fingerprint density at radius 3 is 2.38 bits per heavy atom. The van der Waals surface area contributed by atoms with Gasteiger partial charge in [0.15, 0.2) is 5.75 Å². The Morgan fingerprint density at radius 1 is 1.04 bits per heavy atom. The van der Waals surface area contributed by atoms with Crippen LogP contribution in [0.1, 0.15) is 5.56 Å². The summed E-state index contributed by atoms with van der Waals surface area (Å²) in [4.78, 5) is 13.6. The second-order valence-corrected chi connectivity index (χ2v) is 6.69. The molecule has 0 radical (unpaired) electrons. The molecular formula is C17H14Cl3NO3. The minimum absolute atomic E-state index is 0.00563. The molecule has 1 fully saturated rings. The van der Waals surface area contributed by atoms with E-state index < -0.39 is 6.09 Å². The number of likely N-dealkylation sites (tertiary alicyclic amines) is 1. The number of hydrogen-bond donors (Lipinski definition) is 0. The van der Waals surface area contributed by atoms with E-state index in [-0.39, 0.29) is 11.9 Å². The summed E-state index contributed by atoms with van der Waals surface area (Å²) >= 11 is 17.6. The number of benzene rings is 2. The summed E-state index contributed by atoms with van der Waals surface area (Å²) < 4.78 is 11.0. The SMILES string of the molecule is O=C(Oc1ccc(Cl)cc1Cl)N1CC(OCc2ccc(Cl)cc2)C1. The van der Waals surface area contributed by atoms with E-state index in [0.717, 1.165) is 5.56 Å². The third-order valence-electron chi connectivity index (χ3n) is 3.60. The second-order valence-electron chi connectivity index (χ2n) is 5.41. The molecule has 0 bridgehead atoms. The number of amides is 1. The number of hydrogen-bond acceptors (Lipinski definition) is 3. The Kier molecular flexibility index (Phi) is 5.51. The molecule has 0 unspecified atom stereocenters. The van der Waals surface area contributed by atoms with Gasteiger partial charge in [0.25, 0.3) is 0 Å². The maximum atomic E-state index is 12.0. The van der Waals surface area contributed by atoms with Crippen molar-refractivity contribution in [2.75, 3.05) is 13.1 Å². The fraction of sp³-hybridized carbons (Fsp3) is 0.235. The highest BCUT2D eigenvalue weighted by molar-refractivity contribution is 6.35. The number of carbonyl (C=O) groups is 1. The molecule has 4 nitrogen and oxygen atoms in total. The van der Waals surface area contributed by atoms with Crippen molar-refractivity contribution in [3.8, 4) is 5.75 Å². The highest BCUT2D eigenvalue weighted by Gasteiger charge is 2.33. The molecule has 1 aliphatic heterocycles. The van der Waals surface area contributed by atoms with Crippen LogP contribution in [0.3, 0.4) is 0 Å². The third kappa shape index (κ3) is 4.33. The Morgan fingerprint density at radius 2 is 1.71 bits per heavy atom. The van der Waals surface area contributed by atoms with Crippen molar-refractivity contribution < 1.29 is 14.3 Å². The molecule has 0 aromatic heterocycles. The van der Waals surface area contributed by atoms with Crippen LogP contribution in [0.25, 0.3) is 0 Å². The molecule has 1 aliphatic rings. The van der Waals surface area contributed by atoms with E-state index in [4.69, 9.17) is 44.3 Å². The average Bonchev–Trinajstić information content (AvgIpc) is 2.50. The molecule has 3 rings (SSSR count). The topological polar surface area (TPSA) is 38.8 Å². The predicted molar refractivity (Wildman–Crippen MR) is 94.1 cm³/mol. The molecular weight excluding hydrogens is 373 g/mol. The summed E-state index contributed by atoms with van der Waals surface area (Å²) in [6.07, 6.45) is -0.459. The predicted octanol–water partition coefficient (Wildman–Crippen LogP) is 5.05. The lowest BCUT2D eigenvalue weighted by Gasteiger charge is -2.37. The second kappa shape index (κ2) is 7.62. The summed E-state index contributed by atoms with van der Waals surface area (Å²) in [5, 5.41) is 1.48. The molecule has 0 spiro atoms. The number of rotatable bonds is 4. The van der Waals surface area contributed by atoms with Gasteiger partial charge in [0, 0.05) is 10.0 Å². The molecule has 0 aliphatic carbocycles. The first kappa shape index (κ1) is 17.4. The minimum Gasteiger partial charge on any atom is -0.409 e. The lowest BCUT2D eigenvalue weighted by atomic mass is 10.2. The summed E-state index contributed by atoms with van der Waals surface area (Å²) in [7, 11) is 0. The molecule has 0 atom stereocenters. The first-order valence-corrected chi connectivity index (χ1v) is 8.42. The molecule has 0 N–H and O–H groups in total. The molecule has 126 valence electrons. The molecule has 7 heteroatoms. The van der Waals surface area contributed by atoms with E-state index in [1.807, 2.05) is 24.3 Å². The highest BCUT2D eigenvalue weighted by Crippen LogP contribution is 2.28. The number of carbonyl (C=O) groups excluding carboxylic acids is 1. The van der Waals surface area contributed by atoms with Crippen LogP contribution >= 0.6 is 34.8 Å². The van der Waals surface area contributed by atoms with Crippen molar-refractivity contribution in [3.05, 3.63) is 63.1 Å². The number of halogens is 3. The van der Waals surface area contributed by atoms with Crippen LogP contribution in [0.5, 0.6) is 5.75 Å². The van der Waals surface area contributed by atoms with Crippen molar-refractivity contribution in [2.45, 2.75) is 12.7 Å². The first-order valence-electron chi connectivity index (χ1n) is 7.29. The van der Waals surface area contributed by atoms with Crippen molar-refractivity contribution >= 4 is 40.9 Å². The normalized spacial score (nSPS) is 14.4. The van der Waals surface area contributed by atoms with Crippen molar-refractivity contribution in [1.29, 1.82) is 0 Å². The first-order chi connectivity index (χ1) is 11.5. The number of ether oxygens (including phenoxy) is 2. The van der Waals surface area contributed by atoms with Crippen LogP contribution < -0.4 is 4.74 Å². The van der Waals surface area contributed by atoms with E-state index >= 15 is 0 Å². The van der Waals surface area contributed by atoms with E-state index in [2.05, 4.69) is 0 Å². The molecule has 1 heterocycles. The standard InChI is InChI=1S/C17H14Cl3NO3/c18-12-3-1-11(2-4-12)10-23-14-8-21(9-14)17(22)24-16-6-5-13(19)7-15(16)20/h1-7,14H,8-10H2. The fourth-order valence-electron chi connectivity index (χ4n) is 2.20. The van der Waals surface area contributed by atoms with Crippen LogP contribution in [-0.2, 0) is 11.3 Å². The van der Waals surface area contributed by atoms with Crippen molar-refractivity contribution in [2.24, 2.45) is 0 Å². The van der Waals surface area contributed by atoms with Crippen molar-refractivity contribution in [1.82, 2.24) is 4.90 Å². The zero-order valence-electron chi connectivity index (χ0n) is 12.5. The van der Waals surface area contributed by atoms with Gasteiger partial charge in [-0.3, -0.25) is 0 Å². The van der Waals surface area contributed by atoms with Crippen LogP contribution in [0.2, 0.25) is 15.1 Å². The summed E-state index contributed by atoms with van der Waals surface area (Å²) in [5.41, 5.74) is 1.04. The van der Waals surface area contributed by atoms with Gasteiger partial charge < -0.3 is 14.4 Å². The lowest BCUT2D eigenvalue weighted by molar-refractivity contribution is -0.0508. The van der Waals surface area contributed by atoms with Gasteiger partial charge in [-0.2, -0.15) is 0 Å². The average molecular weight is 387 g/mol. The zero-order chi connectivity index (χ0) is 17.1. The molecule has 1 saturated heterocycles. The lowest BCUT2D eigenvalue weighted by Crippen LogP contribution is -2.55. The molecule has 24 heavy (non-hydrogen) atoms. The molecule has 1 amide bonds. The van der Waals surface area contributed by atoms with E-state index in [1.54, 1.807) is 17.0 Å². The van der Waals surface area contributed by atoms with Crippen LogP contribution in [-0.4, -0.2) is 30.2 Å². The van der Waals surface area contributed by atoms with Gasteiger partial charge in [0.05, 0.1) is 30.8 Å². The van der Waals surface area contributed by atoms with Crippen LogP contribution in [0, 0.1) is 0 Å². The fourth-order valence-corrected chi connectivity index (χ4v) is 2.78. The van der Waals surface area contributed by atoms with Gasteiger partial charge in [-0.05, 0) is 35.9 Å². The van der Waals surface area contributed by atoms with Gasteiger partial charge in [-0.15, -0.1) is 0 Å². The maximum absolute atomic E-state index is 12.0. The molecule has 2 aromatic carbocycles. The van der Waals surface area contributed by atoms with Gasteiger partial charge in [-0.1, -0.05) is 46.9 Å².